The summed E-state index contributed by atoms with van der Waals surface area (Å²) in [6, 6.07) is 0. The third kappa shape index (κ3) is 69.8. The highest BCUT2D eigenvalue weighted by atomic mass is 16.6. The summed E-state index contributed by atoms with van der Waals surface area (Å²) in [7, 11) is 0. The Labute approximate surface area is 517 Å². The topological polar surface area (TPSA) is 78.9 Å². The maximum atomic E-state index is 13.0. The summed E-state index contributed by atoms with van der Waals surface area (Å²) in [6.07, 6.45) is 92.6. The quantitative estimate of drug-likeness (QED) is 0.0261. The average molecular weight is 1160 g/mol. The van der Waals surface area contributed by atoms with Gasteiger partial charge in [-0.15, -0.1) is 0 Å². The lowest BCUT2D eigenvalue weighted by molar-refractivity contribution is -0.167. The van der Waals surface area contributed by atoms with Crippen LogP contribution in [0.5, 0.6) is 0 Å². The van der Waals surface area contributed by atoms with Gasteiger partial charge in [0.1, 0.15) is 13.2 Å². The van der Waals surface area contributed by atoms with E-state index in [0.717, 1.165) is 83.5 Å². The van der Waals surface area contributed by atoms with Crippen molar-refractivity contribution in [2.75, 3.05) is 13.2 Å². The Hall–Kier alpha value is -2.89. The molecule has 0 bridgehead atoms. The summed E-state index contributed by atoms with van der Waals surface area (Å²) in [5.74, 6) is -0.840. The van der Waals surface area contributed by atoms with Gasteiger partial charge >= 0.3 is 17.9 Å². The third-order valence-corrected chi connectivity index (χ3v) is 16.5. The van der Waals surface area contributed by atoms with E-state index in [1.807, 2.05) is 0 Å². The molecule has 0 aromatic rings. The van der Waals surface area contributed by atoms with Crippen molar-refractivity contribution in [3.05, 3.63) is 60.8 Å². The first kappa shape index (κ1) is 80.1. The predicted octanol–water partition coefficient (Wildman–Crippen LogP) is 25.5. The average Bonchev–Trinajstić information content (AvgIpc) is 3.49. The van der Waals surface area contributed by atoms with Crippen LogP contribution in [0.1, 0.15) is 393 Å². The Bertz CT molecular complexity index is 1470. The van der Waals surface area contributed by atoms with Crippen LogP contribution >= 0.6 is 0 Å². The first-order valence-corrected chi connectivity index (χ1v) is 36.8. The van der Waals surface area contributed by atoms with Gasteiger partial charge in [-0.25, -0.2) is 0 Å². The summed E-state index contributed by atoms with van der Waals surface area (Å²) in [5.41, 5.74) is 0. The number of allylic oxidation sites excluding steroid dienone is 10. The molecule has 0 amide bonds. The fourth-order valence-electron chi connectivity index (χ4n) is 11.0. The highest BCUT2D eigenvalue weighted by Gasteiger charge is 2.19. The van der Waals surface area contributed by atoms with Crippen LogP contribution in [0, 0.1) is 0 Å². The van der Waals surface area contributed by atoms with Gasteiger partial charge in [-0.3, -0.25) is 14.4 Å². The first-order chi connectivity index (χ1) is 41.0. The van der Waals surface area contributed by atoms with Crippen molar-refractivity contribution in [2.24, 2.45) is 0 Å². The number of unbranched alkanes of at least 4 members (excludes halogenated alkanes) is 47. The summed E-state index contributed by atoms with van der Waals surface area (Å²) in [6.45, 7) is 6.59. The molecule has 1 unspecified atom stereocenters. The maximum Gasteiger partial charge on any atom is 0.306 e. The van der Waals surface area contributed by atoms with Crippen molar-refractivity contribution in [1.29, 1.82) is 0 Å². The Morgan fingerprint density at radius 3 is 0.747 bits per heavy atom. The van der Waals surface area contributed by atoms with Crippen molar-refractivity contribution in [3.63, 3.8) is 0 Å². The van der Waals surface area contributed by atoms with Crippen LogP contribution < -0.4 is 0 Å². The van der Waals surface area contributed by atoms with E-state index in [-0.39, 0.29) is 31.1 Å². The van der Waals surface area contributed by atoms with Gasteiger partial charge in [-0.05, 0) is 83.5 Å². The molecule has 0 aromatic heterocycles. The van der Waals surface area contributed by atoms with E-state index in [2.05, 4.69) is 81.5 Å². The minimum atomic E-state index is -0.773. The van der Waals surface area contributed by atoms with E-state index in [1.54, 1.807) is 0 Å². The lowest BCUT2D eigenvalue weighted by Crippen LogP contribution is -2.30. The molecule has 1 atom stereocenters. The van der Waals surface area contributed by atoms with Gasteiger partial charge in [-0.2, -0.15) is 0 Å². The molecule has 0 aliphatic heterocycles. The number of rotatable bonds is 68. The monoisotopic (exact) mass is 1160 g/mol. The van der Waals surface area contributed by atoms with E-state index >= 15 is 0 Å². The van der Waals surface area contributed by atoms with Crippen molar-refractivity contribution >= 4 is 17.9 Å². The maximum absolute atomic E-state index is 13.0. The van der Waals surface area contributed by atoms with Crippen LogP contribution in [-0.2, 0) is 28.6 Å². The van der Waals surface area contributed by atoms with Crippen LogP contribution in [0.3, 0.4) is 0 Å². The van der Waals surface area contributed by atoms with E-state index in [0.29, 0.717) is 19.3 Å². The summed E-state index contributed by atoms with van der Waals surface area (Å²) >= 11 is 0. The molecule has 0 aliphatic carbocycles. The Kier molecular flexibility index (Phi) is 69.1. The minimum absolute atomic E-state index is 0.0681. The zero-order chi connectivity index (χ0) is 59.9. The van der Waals surface area contributed by atoms with E-state index in [9.17, 15) is 14.4 Å². The SMILES string of the molecule is CC/C=C\C/C=C\C/C=C\C/C=C\CCCCCCCCCCCCCCCCCCCCC(=O)OCC(COC(=O)CCCCCCCCCCCCCCCCC)OC(=O)CCCCCCCCCCC/C=C\CCCCCCCC. The second-order valence-electron chi connectivity index (χ2n) is 24.8. The molecule has 0 heterocycles. The van der Waals surface area contributed by atoms with Crippen LogP contribution in [0.4, 0.5) is 0 Å². The predicted molar refractivity (Wildman–Crippen MR) is 362 cm³/mol. The molecule has 0 aliphatic rings. The number of ether oxygens (including phenoxy) is 3. The van der Waals surface area contributed by atoms with Crippen molar-refractivity contribution in [2.45, 2.75) is 399 Å². The molecule has 83 heavy (non-hydrogen) atoms. The van der Waals surface area contributed by atoms with Gasteiger partial charge in [0.15, 0.2) is 6.10 Å². The fourth-order valence-corrected chi connectivity index (χ4v) is 11.0. The standard InChI is InChI=1S/C77H140O6/c1-4-7-10-13-16-19-22-25-28-30-32-33-34-35-36-37-38-39-40-41-42-43-45-46-49-52-55-58-61-64-67-70-76(79)82-73-74(72-81-75(78)69-66-63-60-57-54-51-48-27-24-21-18-15-12-9-6-3)83-77(80)71-68-65-62-59-56-53-50-47-44-31-29-26-23-20-17-14-11-8-5-2/h7,10,16,19,25-26,28-29,32-33,74H,4-6,8-9,11-15,17-18,20-24,27,30-31,34-73H2,1-3H3/b10-7-,19-16-,28-25-,29-26-,33-32-. The molecule has 0 N–H and O–H groups in total. The molecule has 0 fully saturated rings. The summed E-state index contributed by atoms with van der Waals surface area (Å²) < 4.78 is 17.0. The van der Waals surface area contributed by atoms with Crippen molar-refractivity contribution < 1.29 is 28.6 Å². The Morgan fingerprint density at radius 1 is 0.253 bits per heavy atom. The molecule has 0 radical (unpaired) electrons. The van der Waals surface area contributed by atoms with E-state index in [1.165, 1.54) is 270 Å². The van der Waals surface area contributed by atoms with Gasteiger partial charge in [0, 0.05) is 19.3 Å². The molecular weight excluding hydrogens is 1020 g/mol. The van der Waals surface area contributed by atoms with Crippen LogP contribution in [-0.4, -0.2) is 37.2 Å². The molecule has 0 aromatic carbocycles. The molecule has 0 saturated heterocycles. The number of hydrogen-bond donors (Lipinski definition) is 0. The van der Waals surface area contributed by atoms with Crippen molar-refractivity contribution in [3.8, 4) is 0 Å². The Balaban J connectivity index is 4.20. The largest absolute Gasteiger partial charge is 0.462 e. The smallest absolute Gasteiger partial charge is 0.306 e. The van der Waals surface area contributed by atoms with Crippen LogP contribution in [0.15, 0.2) is 60.8 Å². The highest BCUT2D eigenvalue weighted by Crippen LogP contribution is 2.19. The Morgan fingerprint density at radius 2 is 0.470 bits per heavy atom. The van der Waals surface area contributed by atoms with Crippen molar-refractivity contribution in [1.82, 2.24) is 0 Å². The summed E-state index contributed by atoms with van der Waals surface area (Å²) in [4.78, 5) is 38.5. The van der Waals surface area contributed by atoms with E-state index in [4.69, 9.17) is 14.2 Å². The van der Waals surface area contributed by atoms with Gasteiger partial charge < -0.3 is 14.2 Å². The zero-order valence-electron chi connectivity index (χ0n) is 55.7. The zero-order valence-corrected chi connectivity index (χ0v) is 55.7. The molecule has 0 rings (SSSR count). The first-order valence-electron chi connectivity index (χ1n) is 36.8. The molecular formula is C77H140O6. The van der Waals surface area contributed by atoms with Gasteiger partial charge in [0.2, 0.25) is 0 Å². The molecule has 0 spiro atoms. The van der Waals surface area contributed by atoms with Gasteiger partial charge in [0.05, 0.1) is 0 Å². The van der Waals surface area contributed by atoms with E-state index < -0.39 is 6.10 Å². The van der Waals surface area contributed by atoms with Gasteiger partial charge in [0.25, 0.3) is 0 Å². The lowest BCUT2D eigenvalue weighted by Gasteiger charge is -2.18. The van der Waals surface area contributed by atoms with Crippen LogP contribution in [0.2, 0.25) is 0 Å². The third-order valence-electron chi connectivity index (χ3n) is 16.5. The minimum Gasteiger partial charge on any atom is -0.462 e. The molecule has 6 heteroatoms. The second-order valence-corrected chi connectivity index (χ2v) is 24.8. The van der Waals surface area contributed by atoms with Crippen LogP contribution in [0.25, 0.3) is 0 Å². The number of esters is 3. The normalized spacial score (nSPS) is 12.4. The molecule has 6 nitrogen and oxygen atoms in total. The lowest BCUT2D eigenvalue weighted by atomic mass is 10.0. The number of carbonyl (C=O) groups is 3. The second kappa shape index (κ2) is 71.6. The molecule has 0 saturated carbocycles. The fraction of sp³-hybridized carbons (Fsp3) is 0.831. The number of hydrogen-bond acceptors (Lipinski definition) is 6. The summed E-state index contributed by atoms with van der Waals surface area (Å²) in [5, 5.41) is 0. The molecule has 484 valence electrons. The van der Waals surface area contributed by atoms with Gasteiger partial charge in [-0.1, -0.05) is 351 Å². The highest BCUT2D eigenvalue weighted by molar-refractivity contribution is 5.71. The number of carbonyl (C=O) groups excluding carboxylic acids is 3.